The van der Waals surface area contributed by atoms with Crippen molar-refractivity contribution in [2.75, 3.05) is 33.2 Å². The number of piperidine rings is 1. The largest absolute Gasteiger partial charge is 0.356 e. The van der Waals surface area contributed by atoms with Gasteiger partial charge in [0.1, 0.15) is 0 Å². The zero-order chi connectivity index (χ0) is 15.0. The van der Waals surface area contributed by atoms with E-state index in [1.165, 1.54) is 25.9 Å². The van der Waals surface area contributed by atoms with Crippen molar-refractivity contribution in [3.05, 3.63) is 0 Å². The summed E-state index contributed by atoms with van der Waals surface area (Å²) < 4.78 is 0. The first-order valence-electron chi connectivity index (χ1n) is 8.16. The molecule has 0 aromatic carbocycles. The molecule has 0 aromatic rings. The van der Waals surface area contributed by atoms with Gasteiger partial charge in [-0.25, -0.2) is 0 Å². The maximum absolute atomic E-state index is 11.9. The van der Waals surface area contributed by atoms with Crippen LogP contribution in [0.1, 0.15) is 46.0 Å². The third kappa shape index (κ3) is 7.25. The summed E-state index contributed by atoms with van der Waals surface area (Å²) in [5.41, 5.74) is 5.74. The highest BCUT2D eigenvalue weighted by Crippen LogP contribution is 2.19. The van der Waals surface area contributed by atoms with Crippen LogP contribution in [0.3, 0.4) is 0 Å². The molecule has 1 rings (SSSR count). The SMILES string of the molecule is CC(C)C[C@H](CN)CC(=O)NCCC1CCN(C)CC1. The van der Waals surface area contributed by atoms with E-state index in [1.54, 1.807) is 0 Å². The van der Waals surface area contributed by atoms with Gasteiger partial charge >= 0.3 is 0 Å². The number of nitrogens with zero attached hydrogens (tertiary/aromatic N) is 1. The van der Waals surface area contributed by atoms with Crippen molar-refractivity contribution in [1.82, 2.24) is 10.2 Å². The number of hydrogen-bond acceptors (Lipinski definition) is 3. The normalized spacial score (nSPS) is 19.2. The smallest absolute Gasteiger partial charge is 0.220 e. The molecule has 4 nitrogen and oxygen atoms in total. The molecule has 0 saturated carbocycles. The van der Waals surface area contributed by atoms with Crippen LogP contribution in [-0.2, 0) is 4.79 Å². The molecule has 3 N–H and O–H groups in total. The Morgan fingerprint density at radius 1 is 1.35 bits per heavy atom. The molecule has 1 atom stereocenters. The molecule has 0 bridgehead atoms. The monoisotopic (exact) mass is 283 g/mol. The second kappa shape index (κ2) is 9.35. The molecule has 1 fully saturated rings. The Balaban J connectivity index is 2.13. The summed E-state index contributed by atoms with van der Waals surface area (Å²) in [6.07, 6.45) is 5.29. The summed E-state index contributed by atoms with van der Waals surface area (Å²) in [5, 5.41) is 3.07. The van der Waals surface area contributed by atoms with E-state index in [9.17, 15) is 4.79 Å². The Morgan fingerprint density at radius 3 is 2.55 bits per heavy atom. The number of nitrogens with two attached hydrogens (primary N) is 1. The van der Waals surface area contributed by atoms with Gasteiger partial charge in [-0.05, 0) is 70.1 Å². The van der Waals surface area contributed by atoms with E-state index in [2.05, 4.69) is 31.1 Å². The van der Waals surface area contributed by atoms with Gasteiger partial charge in [0.05, 0.1) is 0 Å². The summed E-state index contributed by atoms with van der Waals surface area (Å²) in [5.74, 6) is 1.90. The lowest BCUT2D eigenvalue weighted by atomic mass is 9.93. The number of carbonyl (C=O) groups is 1. The highest BCUT2D eigenvalue weighted by Gasteiger charge is 2.17. The average molecular weight is 283 g/mol. The lowest BCUT2D eigenvalue weighted by molar-refractivity contribution is -0.122. The number of rotatable bonds is 8. The molecular formula is C16H33N3O. The summed E-state index contributed by atoms with van der Waals surface area (Å²) in [6.45, 7) is 8.19. The molecule has 118 valence electrons. The molecule has 1 heterocycles. The van der Waals surface area contributed by atoms with Crippen LogP contribution in [0.2, 0.25) is 0 Å². The standard InChI is InChI=1S/C16H33N3O/c1-13(2)10-15(12-17)11-16(20)18-7-4-14-5-8-19(3)9-6-14/h13-15H,4-12,17H2,1-3H3,(H,18,20)/t15-/m0/s1. The van der Waals surface area contributed by atoms with E-state index < -0.39 is 0 Å². The van der Waals surface area contributed by atoms with Gasteiger partial charge in [0.2, 0.25) is 5.91 Å². The second-order valence-electron chi connectivity index (χ2n) is 6.82. The van der Waals surface area contributed by atoms with Gasteiger partial charge in [0.15, 0.2) is 0 Å². The Morgan fingerprint density at radius 2 is 2.00 bits per heavy atom. The van der Waals surface area contributed by atoms with E-state index in [0.29, 0.717) is 24.8 Å². The van der Waals surface area contributed by atoms with E-state index >= 15 is 0 Å². The molecular weight excluding hydrogens is 250 g/mol. The first-order valence-corrected chi connectivity index (χ1v) is 8.16. The molecule has 20 heavy (non-hydrogen) atoms. The first kappa shape index (κ1) is 17.4. The number of likely N-dealkylation sites (tertiary alicyclic amines) is 1. The fourth-order valence-electron chi connectivity index (χ4n) is 3.03. The van der Waals surface area contributed by atoms with Crippen LogP contribution in [0, 0.1) is 17.8 Å². The van der Waals surface area contributed by atoms with Gasteiger partial charge in [-0.1, -0.05) is 13.8 Å². The minimum absolute atomic E-state index is 0.175. The van der Waals surface area contributed by atoms with E-state index in [0.717, 1.165) is 25.3 Å². The van der Waals surface area contributed by atoms with Crippen LogP contribution in [0.15, 0.2) is 0 Å². The van der Waals surface area contributed by atoms with Crippen LogP contribution < -0.4 is 11.1 Å². The number of amides is 1. The van der Waals surface area contributed by atoms with Gasteiger partial charge < -0.3 is 16.0 Å². The minimum Gasteiger partial charge on any atom is -0.356 e. The summed E-state index contributed by atoms with van der Waals surface area (Å²) in [4.78, 5) is 14.3. The minimum atomic E-state index is 0.175. The highest BCUT2D eigenvalue weighted by molar-refractivity contribution is 5.76. The van der Waals surface area contributed by atoms with E-state index in [-0.39, 0.29) is 5.91 Å². The number of nitrogens with one attached hydrogen (secondary N) is 1. The molecule has 4 heteroatoms. The van der Waals surface area contributed by atoms with Crippen molar-refractivity contribution < 1.29 is 4.79 Å². The van der Waals surface area contributed by atoms with Crippen molar-refractivity contribution in [3.63, 3.8) is 0 Å². The number of hydrogen-bond donors (Lipinski definition) is 2. The Kier molecular flexibility index (Phi) is 8.15. The molecule has 1 amide bonds. The first-order chi connectivity index (χ1) is 9.51. The van der Waals surface area contributed by atoms with Crippen LogP contribution >= 0.6 is 0 Å². The molecule has 1 aliphatic heterocycles. The maximum atomic E-state index is 11.9. The van der Waals surface area contributed by atoms with E-state index in [1.807, 2.05) is 0 Å². The Labute approximate surface area is 124 Å². The van der Waals surface area contributed by atoms with Crippen molar-refractivity contribution >= 4 is 5.91 Å². The third-order valence-electron chi connectivity index (χ3n) is 4.33. The fourth-order valence-corrected chi connectivity index (χ4v) is 3.03. The zero-order valence-corrected chi connectivity index (χ0v) is 13.5. The van der Waals surface area contributed by atoms with Crippen LogP contribution in [-0.4, -0.2) is 44.0 Å². The van der Waals surface area contributed by atoms with Crippen molar-refractivity contribution in [2.24, 2.45) is 23.5 Å². The molecule has 0 aliphatic carbocycles. The average Bonchev–Trinajstić information content (AvgIpc) is 2.39. The predicted octanol–water partition coefficient (Wildman–Crippen LogP) is 1.85. The Hall–Kier alpha value is -0.610. The van der Waals surface area contributed by atoms with Crippen LogP contribution in [0.5, 0.6) is 0 Å². The highest BCUT2D eigenvalue weighted by atomic mass is 16.1. The van der Waals surface area contributed by atoms with Crippen molar-refractivity contribution in [1.29, 1.82) is 0 Å². The lowest BCUT2D eigenvalue weighted by Crippen LogP contribution is -2.33. The predicted molar refractivity (Wildman–Crippen MR) is 84.5 cm³/mol. The molecule has 0 unspecified atom stereocenters. The molecule has 1 saturated heterocycles. The summed E-state index contributed by atoms with van der Waals surface area (Å²) in [6, 6.07) is 0. The van der Waals surface area contributed by atoms with Gasteiger partial charge in [0.25, 0.3) is 0 Å². The van der Waals surface area contributed by atoms with Crippen LogP contribution in [0.4, 0.5) is 0 Å². The second-order valence-corrected chi connectivity index (χ2v) is 6.82. The van der Waals surface area contributed by atoms with Gasteiger partial charge in [-0.2, -0.15) is 0 Å². The molecule has 0 radical (unpaired) electrons. The molecule has 0 spiro atoms. The van der Waals surface area contributed by atoms with Crippen molar-refractivity contribution in [2.45, 2.75) is 46.0 Å². The quantitative estimate of drug-likeness (QED) is 0.715. The maximum Gasteiger partial charge on any atom is 0.220 e. The third-order valence-corrected chi connectivity index (χ3v) is 4.33. The molecule has 1 aliphatic rings. The summed E-state index contributed by atoms with van der Waals surface area (Å²) >= 11 is 0. The molecule has 0 aromatic heterocycles. The van der Waals surface area contributed by atoms with Gasteiger partial charge in [0, 0.05) is 13.0 Å². The fraction of sp³-hybridized carbons (Fsp3) is 0.938. The summed E-state index contributed by atoms with van der Waals surface area (Å²) in [7, 11) is 2.18. The Bertz CT molecular complexity index is 273. The van der Waals surface area contributed by atoms with Crippen LogP contribution in [0.25, 0.3) is 0 Å². The topological polar surface area (TPSA) is 58.4 Å². The lowest BCUT2D eigenvalue weighted by Gasteiger charge is -2.28. The number of carbonyl (C=O) groups excluding carboxylic acids is 1. The van der Waals surface area contributed by atoms with Gasteiger partial charge in [-0.3, -0.25) is 4.79 Å². The van der Waals surface area contributed by atoms with E-state index in [4.69, 9.17) is 5.73 Å². The zero-order valence-electron chi connectivity index (χ0n) is 13.5. The van der Waals surface area contributed by atoms with Crippen molar-refractivity contribution in [3.8, 4) is 0 Å². The van der Waals surface area contributed by atoms with Gasteiger partial charge in [-0.15, -0.1) is 0 Å².